The highest BCUT2D eigenvalue weighted by Crippen LogP contribution is 2.08. The number of hydrogen-bond donors (Lipinski definition) is 3. The highest BCUT2D eigenvalue weighted by atomic mass is 16.3. The van der Waals surface area contributed by atoms with Crippen molar-refractivity contribution in [3.63, 3.8) is 0 Å². The lowest BCUT2D eigenvalue weighted by Gasteiger charge is -2.15. The van der Waals surface area contributed by atoms with Crippen LogP contribution in [0, 0.1) is 0 Å². The molecule has 0 bridgehead atoms. The van der Waals surface area contributed by atoms with Crippen LogP contribution in [0.4, 0.5) is 0 Å². The van der Waals surface area contributed by atoms with E-state index in [9.17, 15) is 9.90 Å². The lowest BCUT2D eigenvalue weighted by molar-refractivity contribution is -0.126. The molecular weight excluding hydrogens is 218 g/mol. The van der Waals surface area contributed by atoms with E-state index in [1.54, 1.807) is 0 Å². The Hall–Kier alpha value is -0.610. The zero-order chi connectivity index (χ0) is 13.1. The van der Waals surface area contributed by atoms with Gasteiger partial charge in [-0.3, -0.25) is 4.79 Å². The Kier molecular flexibility index (Phi) is 10.2. The van der Waals surface area contributed by atoms with Gasteiger partial charge < -0.3 is 15.5 Å². The summed E-state index contributed by atoms with van der Waals surface area (Å²) in [4.78, 5) is 11.3. The molecule has 0 saturated carbocycles. The van der Waals surface area contributed by atoms with E-state index in [4.69, 9.17) is 5.11 Å². The first kappa shape index (κ1) is 16.4. The summed E-state index contributed by atoms with van der Waals surface area (Å²) in [7, 11) is 0. The molecule has 0 heterocycles. The topological polar surface area (TPSA) is 69.6 Å². The minimum absolute atomic E-state index is 0.188. The summed E-state index contributed by atoms with van der Waals surface area (Å²) in [6, 6.07) is 0. The Morgan fingerprint density at radius 2 is 1.59 bits per heavy atom. The van der Waals surface area contributed by atoms with Gasteiger partial charge in [0.25, 0.3) is 0 Å². The molecule has 0 aliphatic heterocycles. The van der Waals surface area contributed by atoms with Gasteiger partial charge in [-0.25, -0.2) is 0 Å². The fourth-order valence-electron chi connectivity index (χ4n) is 1.60. The normalized spacial score (nSPS) is 14.4. The third kappa shape index (κ3) is 10.3. The van der Waals surface area contributed by atoms with Gasteiger partial charge in [0.1, 0.15) is 0 Å². The van der Waals surface area contributed by atoms with Gasteiger partial charge in [-0.2, -0.15) is 0 Å². The fourth-order valence-corrected chi connectivity index (χ4v) is 1.60. The van der Waals surface area contributed by atoms with Crippen LogP contribution < -0.4 is 5.32 Å². The minimum atomic E-state index is -1.15. The van der Waals surface area contributed by atoms with Crippen LogP contribution in [0.1, 0.15) is 65.2 Å². The van der Waals surface area contributed by atoms with Crippen LogP contribution in [0.5, 0.6) is 0 Å². The Morgan fingerprint density at radius 1 is 1.06 bits per heavy atom. The molecule has 0 spiro atoms. The Morgan fingerprint density at radius 3 is 2.12 bits per heavy atom. The number of carbonyl (C=O) groups is 1. The zero-order valence-electron chi connectivity index (χ0n) is 11.1. The summed E-state index contributed by atoms with van der Waals surface area (Å²) in [6.07, 6.45) is 6.51. The average Bonchev–Trinajstić information content (AvgIpc) is 2.27. The molecule has 0 saturated heterocycles. The van der Waals surface area contributed by atoms with Crippen LogP contribution in [-0.2, 0) is 4.79 Å². The van der Waals surface area contributed by atoms with Crippen LogP contribution in [0.2, 0.25) is 0 Å². The molecule has 0 aliphatic carbocycles. The highest BCUT2D eigenvalue weighted by molar-refractivity contribution is 5.76. The lowest BCUT2D eigenvalue weighted by Crippen LogP contribution is -2.41. The average molecular weight is 245 g/mol. The van der Waals surface area contributed by atoms with Crippen LogP contribution >= 0.6 is 0 Å². The highest BCUT2D eigenvalue weighted by Gasteiger charge is 2.12. The molecule has 102 valence electrons. The second-order valence-corrected chi connectivity index (χ2v) is 4.62. The molecule has 0 aromatic heterocycles. The van der Waals surface area contributed by atoms with Crippen molar-refractivity contribution >= 4 is 5.91 Å². The molecule has 1 amide bonds. The Bertz CT molecular complexity index is 195. The predicted molar refractivity (Wildman–Crippen MR) is 68.4 cm³/mol. The lowest BCUT2D eigenvalue weighted by atomic mass is 10.1. The quantitative estimate of drug-likeness (QED) is 0.407. The van der Waals surface area contributed by atoms with Crippen molar-refractivity contribution in [1.82, 2.24) is 5.32 Å². The smallest absolute Gasteiger partial charge is 0.222 e. The largest absolute Gasteiger partial charge is 0.389 e. The molecule has 4 nitrogen and oxygen atoms in total. The van der Waals surface area contributed by atoms with Crippen LogP contribution in [0.3, 0.4) is 0 Å². The second kappa shape index (κ2) is 10.5. The predicted octanol–water partition coefficient (Wildman–Crippen LogP) is 1.94. The fraction of sp³-hybridized carbons (Fsp3) is 0.923. The van der Waals surface area contributed by atoms with Gasteiger partial charge in [-0.05, 0) is 13.3 Å². The van der Waals surface area contributed by atoms with E-state index in [1.807, 2.05) is 0 Å². The van der Waals surface area contributed by atoms with Gasteiger partial charge in [0.15, 0.2) is 6.23 Å². The minimum Gasteiger partial charge on any atom is -0.389 e. The molecule has 0 rings (SSSR count). The maximum atomic E-state index is 11.3. The second-order valence-electron chi connectivity index (χ2n) is 4.62. The molecule has 0 aromatic carbocycles. The van der Waals surface area contributed by atoms with E-state index in [0.29, 0.717) is 6.42 Å². The molecule has 3 N–H and O–H groups in total. The third-order valence-corrected chi connectivity index (χ3v) is 2.77. The Labute approximate surface area is 104 Å². The molecular formula is C13H27NO3. The first-order valence-electron chi connectivity index (χ1n) is 6.73. The Balaban J connectivity index is 3.33. The number of unbranched alkanes of at least 4 members (excludes halogenated alkanes) is 6. The first-order valence-corrected chi connectivity index (χ1v) is 6.73. The summed E-state index contributed by atoms with van der Waals surface area (Å²) >= 11 is 0. The van der Waals surface area contributed by atoms with Gasteiger partial charge in [0.05, 0.1) is 6.10 Å². The van der Waals surface area contributed by atoms with Gasteiger partial charge in [-0.1, -0.05) is 45.4 Å². The number of aliphatic hydroxyl groups is 2. The van der Waals surface area contributed by atoms with E-state index < -0.39 is 12.3 Å². The molecule has 0 fully saturated rings. The first-order chi connectivity index (χ1) is 8.07. The van der Waals surface area contributed by atoms with Crippen molar-refractivity contribution in [2.75, 3.05) is 0 Å². The number of amides is 1. The van der Waals surface area contributed by atoms with Crippen molar-refractivity contribution in [3.05, 3.63) is 0 Å². The summed E-state index contributed by atoms with van der Waals surface area (Å²) in [5, 5.41) is 20.6. The van der Waals surface area contributed by atoms with Crippen LogP contribution in [0.25, 0.3) is 0 Å². The van der Waals surface area contributed by atoms with E-state index in [1.165, 1.54) is 39.0 Å². The molecule has 2 unspecified atom stereocenters. The number of nitrogens with one attached hydrogen (secondary N) is 1. The van der Waals surface area contributed by atoms with Crippen molar-refractivity contribution in [2.24, 2.45) is 0 Å². The maximum Gasteiger partial charge on any atom is 0.222 e. The van der Waals surface area contributed by atoms with Gasteiger partial charge in [-0.15, -0.1) is 0 Å². The van der Waals surface area contributed by atoms with Gasteiger partial charge in [0, 0.05) is 6.42 Å². The van der Waals surface area contributed by atoms with Crippen molar-refractivity contribution in [1.29, 1.82) is 0 Å². The van der Waals surface area contributed by atoms with Gasteiger partial charge in [0.2, 0.25) is 5.91 Å². The molecule has 4 heteroatoms. The van der Waals surface area contributed by atoms with Crippen molar-refractivity contribution < 1.29 is 15.0 Å². The van der Waals surface area contributed by atoms with E-state index in [2.05, 4.69) is 12.2 Å². The summed E-state index contributed by atoms with van der Waals surface area (Å²) in [5.41, 5.74) is 0. The molecule has 17 heavy (non-hydrogen) atoms. The molecule has 2 atom stereocenters. The van der Waals surface area contributed by atoms with E-state index in [0.717, 1.165) is 12.8 Å². The zero-order valence-corrected chi connectivity index (χ0v) is 11.1. The van der Waals surface area contributed by atoms with Crippen LogP contribution in [0.15, 0.2) is 0 Å². The van der Waals surface area contributed by atoms with Crippen LogP contribution in [-0.4, -0.2) is 28.5 Å². The van der Waals surface area contributed by atoms with Crippen molar-refractivity contribution in [3.8, 4) is 0 Å². The SMILES string of the molecule is CCCCCCCCCC(=O)NC(O)C(C)O. The summed E-state index contributed by atoms with van der Waals surface area (Å²) < 4.78 is 0. The summed E-state index contributed by atoms with van der Waals surface area (Å²) in [6.45, 7) is 3.64. The number of carbonyl (C=O) groups excluding carboxylic acids is 1. The third-order valence-electron chi connectivity index (χ3n) is 2.77. The number of rotatable bonds is 10. The van der Waals surface area contributed by atoms with E-state index in [-0.39, 0.29) is 5.91 Å². The van der Waals surface area contributed by atoms with E-state index >= 15 is 0 Å². The monoisotopic (exact) mass is 245 g/mol. The van der Waals surface area contributed by atoms with Gasteiger partial charge >= 0.3 is 0 Å². The van der Waals surface area contributed by atoms with Crippen molar-refractivity contribution in [2.45, 2.75) is 77.5 Å². The molecule has 0 radical (unpaired) electrons. The summed E-state index contributed by atoms with van der Waals surface area (Å²) in [5.74, 6) is -0.188. The maximum absolute atomic E-state index is 11.3. The number of aliphatic hydroxyl groups excluding tert-OH is 2. The molecule has 0 aromatic rings. The number of hydrogen-bond acceptors (Lipinski definition) is 3. The molecule has 0 aliphatic rings. The standard InChI is InChI=1S/C13H27NO3/c1-3-4-5-6-7-8-9-10-12(16)14-13(17)11(2)15/h11,13,15,17H,3-10H2,1-2H3,(H,14,16).